The van der Waals surface area contributed by atoms with Crippen molar-refractivity contribution < 1.29 is 18.0 Å². The summed E-state index contributed by atoms with van der Waals surface area (Å²) in [5.74, 6) is 0. The summed E-state index contributed by atoms with van der Waals surface area (Å²) in [6, 6.07) is 0. The van der Waals surface area contributed by atoms with Gasteiger partial charge in [0, 0.05) is 27.9 Å². The SMILES string of the molecule is CCCCCCCCOC[Si](OC)(OC)OC. The Balaban J connectivity index is 3.43. The summed E-state index contributed by atoms with van der Waals surface area (Å²) in [6.45, 7) is 2.99. The third-order valence-electron chi connectivity index (χ3n) is 2.85. The fourth-order valence-electron chi connectivity index (χ4n) is 1.61. The normalized spacial score (nSPS) is 12.0. The second-order valence-electron chi connectivity index (χ2n) is 4.12. The van der Waals surface area contributed by atoms with E-state index in [2.05, 4.69) is 6.92 Å². The molecule has 0 saturated heterocycles. The van der Waals surface area contributed by atoms with Crippen molar-refractivity contribution in [1.29, 1.82) is 0 Å². The molecule has 0 radical (unpaired) electrons. The second kappa shape index (κ2) is 11.2. The van der Waals surface area contributed by atoms with E-state index < -0.39 is 8.80 Å². The largest absolute Gasteiger partial charge is 0.527 e. The third-order valence-corrected chi connectivity index (χ3v) is 5.28. The first-order valence-electron chi connectivity index (χ1n) is 6.48. The minimum absolute atomic E-state index is 0.436. The van der Waals surface area contributed by atoms with E-state index in [0.29, 0.717) is 6.23 Å². The van der Waals surface area contributed by atoms with Crippen LogP contribution in [0.15, 0.2) is 0 Å². The quantitative estimate of drug-likeness (QED) is 0.401. The van der Waals surface area contributed by atoms with Gasteiger partial charge >= 0.3 is 8.80 Å². The molecule has 0 aliphatic heterocycles. The van der Waals surface area contributed by atoms with Gasteiger partial charge in [-0.25, -0.2) is 0 Å². The van der Waals surface area contributed by atoms with Gasteiger partial charge in [-0.15, -0.1) is 0 Å². The van der Waals surface area contributed by atoms with E-state index in [1.807, 2.05) is 0 Å². The Labute approximate surface area is 107 Å². The summed E-state index contributed by atoms with van der Waals surface area (Å²) < 4.78 is 21.4. The highest BCUT2D eigenvalue weighted by Crippen LogP contribution is 2.08. The van der Waals surface area contributed by atoms with E-state index in [4.69, 9.17) is 18.0 Å². The molecule has 5 heteroatoms. The molecule has 0 fully saturated rings. The van der Waals surface area contributed by atoms with Gasteiger partial charge in [0.25, 0.3) is 0 Å². The van der Waals surface area contributed by atoms with Gasteiger partial charge in [-0.2, -0.15) is 0 Å². The molecule has 0 spiro atoms. The minimum atomic E-state index is -2.52. The molecule has 0 aliphatic carbocycles. The third kappa shape index (κ3) is 7.89. The number of ether oxygens (including phenoxy) is 1. The molecule has 0 aromatic carbocycles. The van der Waals surface area contributed by atoms with Crippen LogP contribution in [0.2, 0.25) is 0 Å². The Hall–Kier alpha value is 0.0569. The van der Waals surface area contributed by atoms with Crippen molar-refractivity contribution in [1.82, 2.24) is 0 Å². The zero-order chi connectivity index (χ0) is 13.0. The molecule has 0 aliphatic rings. The molecule has 0 N–H and O–H groups in total. The van der Waals surface area contributed by atoms with E-state index in [1.165, 1.54) is 32.1 Å². The molecule has 0 bridgehead atoms. The lowest BCUT2D eigenvalue weighted by atomic mass is 10.1. The zero-order valence-corrected chi connectivity index (χ0v) is 12.8. The van der Waals surface area contributed by atoms with Gasteiger partial charge in [0.05, 0.1) is 0 Å². The van der Waals surface area contributed by atoms with Gasteiger partial charge in [0.1, 0.15) is 6.23 Å². The van der Waals surface area contributed by atoms with Crippen LogP contribution in [0.25, 0.3) is 0 Å². The van der Waals surface area contributed by atoms with E-state index in [0.717, 1.165) is 13.0 Å². The maximum absolute atomic E-state index is 5.57. The van der Waals surface area contributed by atoms with Gasteiger partial charge in [-0.3, -0.25) is 0 Å². The Kier molecular flexibility index (Phi) is 11.2. The molecule has 0 atom stereocenters. The van der Waals surface area contributed by atoms with Gasteiger partial charge in [0.2, 0.25) is 0 Å². The highest BCUT2D eigenvalue weighted by atomic mass is 28.4. The van der Waals surface area contributed by atoms with E-state index >= 15 is 0 Å². The van der Waals surface area contributed by atoms with Crippen molar-refractivity contribution in [2.24, 2.45) is 0 Å². The Morgan fingerprint density at radius 3 is 1.82 bits per heavy atom. The van der Waals surface area contributed by atoms with Crippen LogP contribution >= 0.6 is 0 Å². The first kappa shape index (κ1) is 17.1. The Morgan fingerprint density at radius 1 is 0.765 bits per heavy atom. The fraction of sp³-hybridized carbons (Fsp3) is 1.00. The van der Waals surface area contributed by atoms with Crippen LogP contribution in [0.5, 0.6) is 0 Å². The van der Waals surface area contributed by atoms with Crippen molar-refractivity contribution >= 4 is 8.80 Å². The molecule has 0 heterocycles. The summed E-state index contributed by atoms with van der Waals surface area (Å²) >= 11 is 0. The van der Waals surface area contributed by atoms with Crippen molar-refractivity contribution in [3.63, 3.8) is 0 Å². The van der Waals surface area contributed by atoms with Crippen LogP contribution in [0.3, 0.4) is 0 Å². The summed E-state index contributed by atoms with van der Waals surface area (Å²) in [6.07, 6.45) is 8.05. The Morgan fingerprint density at radius 2 is 1.29 bits per heavy atom. The topological polar surface area (TPSA) is 36.9 Å². The van der Waals surface area contributed by atoms with Crippen LogP contribution in [-0.4, -0.2) is 43.0 Å². The predicted molar refractivity (Wildman–Crippen MR) is 71.0 cm³/mol. The van der Waals surface area contributed by atoms with Crippen molar-refractivity contribution in [2.45, 2.75) is 45.4 Å². The zero-order valence-electron chi connectivity index (χ0n) is 11.8. The highest BCUT2D eigenvalue weighted by molar-refractivity contribution is 6.60. The van der Waals surface area contributed by atoms with E-state index in [-0.39, 0.29) is 0 Å². The van der Waals surface area contributed by atoms with Gasteiger partial charge in [-0.1, -0.05) is 39.0 Å². The molecule has 0 unspecified atom stereocenters. The average Bonchev–Trinajstić information content (AvgIpc) is 2.38. The van der Waals surface area contributed by atoms with Crippen LogP contribution < -0.4 is 0 Å². The van der Waals surface area contributed by atoms with Crippen LogP contribution in [0.1, 0.15) is 45.4 Å². The smallest absolute Gasteiger partial charge is 0.377 e. The molecule has 4 nitrogen and oxygen atoms in total. The van der Waals surface area contributed by atoms with Gasteiger partial charge in [0.15, 0.2) is 0 Å². The lowest BCUT2D eigenvalue weighted by molar-refractivity contribution is 0.0622. The monoisotopic (exact) mass is 264 g/mol. The summed E-state index contributed by atoms with van der Waals surface area (Å²) in [5, 5.41) is 0. The highest BCUT2D eigenvalue weighted by Gasteiger charge is 2.38. The summed E-state index contributed by atoms with van der Waals surface area (Å²) in [5.41, 5.74) is 0. The number of hydrogen-bond acceptors (Lipinski definition) is 4. The second-order valence-corrected chi connectivity index (χ2v) is 7.00. The maximum Gasteiger partial charge on any atom is 0.527 e. The fourth-order valence-corrected chi connectivity index (χ4v) is 2.86. The molecule has 0 aromatic heterocycles. The molecule has 17 heavy (non-hydrogen) atoms. The number of unbranched alkanes of at least 4 members (excludes halogenated alkanes) is 5. The first-order chi connectivity index (χ1) is 8.24. The minimum Gasteiger partial charge on any atom is -0.377 e. The maximum atomic E-state index is 5.57. The van der Waals surface area contributed by atoms with E-state index in [9.17, 15) is 0 Å². The molecular formula is C12H28O4Si. The molecule has 0 saturated carbocycles. The molecular weight excluding hydrogens is 236 g/mol. The van der Waals surface area contributed by atoms with Crippen molar-refractivity contribution in [3.05, 3.63) is 0 Å². The standard InChI is InChI=1S/C12H28O4Si/c1-5-6-7-8-9-10-11-16-12-17(13-2,14-3)15-4/h5-12H2,1-4H3. The van der Waals surface area contributed by atoms with Gasteiger partial charge in [-0.05, 0) is 6.42 Å². The lowest BCUT2D eigenvalue weighted by Crippen LogP contribution is -2.48. The average molecular weight is 264 g/mol. The summed E-state index contributed by atoms with van der Waals surface area (Å²) in [4.78, 5) is 0. The van der Waals surface area contributed by atoms with Gasteiger partial charge < -0.3 is 18.0 Å². The van der Waals surface area contributed by atoms with Crippen molar-refractivity contribution in [3.8, 4) is 0 Å². The van der Waals surface area contributed by atoms with Crippen LogP contribution in [0, 0.1) is 0 Å². The predicted octanol–water partition coefficient (Wildman–Crippen LogP) is 2.78. The van der Waals surface area contributed by atoms with Crippen LogP contribution in [0.4, 0.5) is 0 Å². The number of hydrogen-bond donors (Lipinski definition) is 0. The molecule has 0 aromatic rings. The van der Waals surface area contributed by atoms with Crippen molar-refractivity contribution in [2.75, 3.05) is 34.2 Å². The molecule has 104 valence electrons. The lowest BCUT2D eigenvalue weighted by Gasteiger charge is -2.23. The number of rotatable bonds is 12. The Bertz CT molecular complexity index is 154. The van der Waals surface area contributed by atoms with Crippen LogP contribution in [-0.2, 0) is 18.0 Å². The summed E-state index contributed by atoms with van der Waals surface area (Å²) in [7, 11) is 2.29. The molecule has 0 amide bonds. The molecule has 0 rings (SSSR count). The first-order valence-corrected chi connectivity index (χ1v) is 8.41. The van der Waals surface area contributed by atoms with E-state index in [1.54, 1.807) is 21.3 Å².